The van der Waals surface area contributed by atoms with E-state index in [1.807, 2.05) is 0 Å². The van der Waals surface area contributed by atoms with Crippen LogP contribution < -0.4 is 10.6 Å². The highest BCUT2D eigenvalue weighted by atomic mass is 16.6. The molecule has 0 aromatic carbocycles. The van der Waals surface area contributed by atoms with Crippen molar-refractivity contribution in [1.82, 2.24) is 10.6 Å². The van der Waals surface area contributed by atoms with Crippen molar-refractivity contribution in [2.45, 2.75) is 132 Å². The van der Waals surface area contributed by atoms with E-state index in [9.17, 15) is 9.59 Å². The van der Waals surface area contributed by atoms with E-state index in [0.717, 1.165) is 64.7 Å². The Kier molecular flexibility index (Phi) is 9.76. The van der Waals surface area contributed by atoms with Crippen molar-refractivity contribution >= 4 is 11.9 Å². The van der Waals surface area contributed by atoms with E-state index in [2.05, 4.69) is 79.9 Å². The Morgan fingerprint density at radius 1 is 0.500 bits per heavy atom. The summed E-state index contributed by atoms with van der Waals surface area (Å²) >= 11 is 0. The van der Waals surface area contributed by atoms with Gasteiger partial charge in [0.25, 0.3) is 0 Å². The Bertz CT molecular complexity index is 673. The number of hydrogen-bond acceptors (Lipinski definition) is 6. The smallest absolute Gasteiger partial charge is 0.306 e. The molecule has 6 heteroatoms. The molecular weight excluding hydrogens is 452 g/mol. The van der Waals surface area contributed by atoms with Crippen LogP contribution >= 0.6 is 0 Å². The van der Waals surface area contributed by atoms with Gasteiger partial charge in [-0.05, 0) is 26.7 Å². The second-order valence-corrected chi connectivity index (χ2v) is 14.4. The molecule has 2 fully saturated rings. The molecule has 0 aromatic heterocycles. The number of esters is 2. The summed E-state index contributed by atoms with van der Waals surface area (Å²) < 4.78 is 12.3. The monoisotopic (exact) mass is 508 g/mol. The topological polar surface area (TPSA) is 76.7 Å². The molecule has 0 bridgehead atoms. The molecule has 2 rings (SSSR count). The minimum atomic E-state index is -0.493. The molecule has 0 aliphatic carbocycles. The summed E-state index contributed by atoms with van der Waals surface area (Å²) in [4.78, 5) is 25.4. The van der Waals surface area contributed by atoms with Crippen molar-refractivity contribution in [3.63, 3.8) is 0 Å². The van der Waals surface area contributed by atoms with Gasteiger partial charge in [-0.25, -0.2) is 0 Å². The van der Waals surface area contributed by atoms with Gasteiger partial charge in [-0.3, -0.25) is 9.59 Å². The molecule has 0 unspecified atom stereocenters. The van der Waals surface area contributed by atoms with Crippen LogP contribution in [0.15, 0.2) is 0 Å². The highest BCUT2D eigenvalue weighted by Gasteiger charge is 2.57. The van der Waals surface area contributed by atoms with Crippen molar-refractivity contribution in [3.05, 3.63) is 0 Å². The van der Waals surface area contributed by atoms with Crippen molar-refractivity contribution in [1.29, 1.82) is 0 Å². The number of piperidine rings is 2. The molecule has 0 radical (unpaired) electrons. The maximum Gasteiger partial charge on any atom is 0.306 e. The van der Waals surface area contributed by atoms with Gasteiger partial charge in [0.05, 0.1) is 0 Å². The number of carbonyl (C=O) groups excluding carboxylic acids is 2. The van der Waals surface area contributed by atoms with Crippen LogP contribution in [0.5, 0.6) is 0 Å². The first-order valence-corrected chi connectivity index (χ1v) is 14.3. The lowest BCUT2D eigenvalue weighted by Crippen LogP contribution is -2.66. The molecule has 0 atom stereocenters. The lowest BCUT2D eigenvalue weighted by molar-refractivity contribution is -0.204. The van der Waals surface area contributed by atoms with E-state index in [-0.39, 0.29) is 33.6 Å². The van der Waals surface area contributed by atoms with Crippen LogP contribution in [0, 0.1) is 21.7 Å². The predicted octanol–water partition coefficient (Wildman–Crippen LogP) is 6.02. The molecule has 2 N–H and O–H groups in total. The van der Waals surface area contributed by atoms with Crippen LogP contribution in [0.1, 0.15) is 121 Å². The van der Waals surface area contributed by atoms with Gasteiger partial charge >= 0.3 is 11.9 Å². The number of rotatable bonds is 11. The molecule has 2 aliphatic heterocycles. The second-order valence-electron chi connectivity index (χ2n) is 14.4. The third-order valence-corrected chi connectivity index (χ3v) is 10.1. The van der Waals surface area contributed by atoms with Crippen molar-refractivity contribution in [2.24, 2.45) is 21.7 Å². The number of unbranched alkanes of at least 4 members (excludes halogenated alkanes) is 5. The van der Waals surface area contributed by atoms with E-state index in [1.165, 1.54) is 0 Å². The summed E-state index contributed by atoms with van der Waals surface area (Å²) in [5.74, 6) is -0.166. The summed E-state index contributed by atoms with van der Waals surface area (Å²) in [6.45, 7) is 25.0. The molecular formula is C30H56N2O4. The molecule has 210 valence electrons. The highest BCUT2D eigenvalue weighted by molar-refractivity contribution is 5.70. The molecule has 36 heavy (non-hydrogen) atoms. The van der Waals surface area contributed by atoms with Crippen molar-refractivity contribution in [2.75, 3.05) is 26.2 Å². The minimum Gasteiger partial charge on any atom is -0.458 e. The molecule has 0 spiro atoms. The summed E-state index contributed by atoms with van der Waals surface area (Å²) in [7, 11) is 0. The van der Waals surface area contributed by atoms with Crippen LogP contribution in [0.25, 0.3) is 0 Å². The van der Waals surface area contributed by atoms with Gasteiger partial charge in [-0.2, -0.15) is 0 Å². The third kappa shape index (κ3) is 6.46. The summed E-state index contributed by atoms with van der Waals surface area (Å²) in [5.41, 5.74) is -1.48. The lowest BCUT2D eigenvalue weighted by Gasteiger charge is -2.56. The van der Waals surface area contributed by atoms with Crippen LogP contribution in [0.4, 0.5) is 0 Å². The standard InChI is InChI=1S/C30H56N2O4/c1-25(2)19-31-20-26(3,4)29(25,9)35-23(33)17-15-13-11-12-14-16-18-24(34)36-30(10)27(5,6)21-32-22-28(30,7)8/h31-32H,11-22H2,1-10H3. The highest BCUT2D eigenvalue weighted by Crippen LogP contribution is 2.50. The van der Waals surface area contributed by atoms with Crippen LogP contribution in [-0.2, 0) is 19.1 Å². The zero-order valence-corrected chi connectivity index (χ0v) is 25.1. The predicted molar refractivity (Wildman–Crippen MR) is 147 cm³/mol. The zero-order valence-electron chi connectivity index (χ0n) is 25.1. The Morgan fingerprint density at radius 2 is 0.750 bits per heavy atom. The Morgan fingerprint density at radius 3 is 1.03 bits per heavy atom. The van der Waals surface area contributed by atoms with Gasteiger partial charge in [0.1, 0.15) is 11.2 Å². The van der Waals surface area contributed by atoms with Gasteiger partial charge in [0.2, 0.25) is 0 Å². The first kappa shape index (κ1) is 31.1. The van der Waals surface area contributed by atoms with Gasteiger partial charge in [0.15, 0.2) is 0 Å². The Labute approximate surface area is 221 Å². The van der Waals surface area contributed by atoms with E-state index < -0.39 is 11.2 Å². The summed E-state index contributed by atoms with van der Waals surface area (Å²) in [5, 5.41) is 6.97. The van der Waals surface area contributed by atoms with Crippen LogP contribution in [0.2, 0.25) is 0 Å². The maximum absolute atomic E-state index is 12.7. The summed E-state index contributed by atoms with van der Waals surface area (Å²) in [6.07, 6.45) is 6.82. The van der Waals surface area contributed by atoms with Gasteiger partial charge in [-0.1, -0.05) is 81.1 Å². The average molecular weight is 509 g/mol. The molecule has 2 heterocycles. The zero-order chi connectivity index (χ0) is 27.5. The number of ether oxygens (including phenoxy) is 2. The van der Waals surface area contributed by atoms with E-state index in [4.69, 9.17) is 9.47 Å². The minimum absolute atomic E-state index is 0.0828. The Balaban J connectivity index is 1.65. The quantitative estimate of drug-likeness (QED) is 0.262. The normalized spacial score (nSPS) is 25.1. The first-order chi connectivity index (χ1) is 16.4. The molecule has 0 aromatic rings. The molecule has 2 saturated heterocycles. The fourth-order valence-corrected chi connectivity index (χ4v) is 6.24. The van der Waals surface area contributed by atoms with E-state index in [0.29, 0.717) is 12.8 Å². The molecule has 0 amide bonds. The molecule has 2 aliphatic rings. The average Bonchev–Trinajstić information content (AvgIpc) is 2.72. The second kappa shape index (κ2) is 11.3. The number of nitrogens with one attached hydrogen (secondary N) is 2. The summed E-state index contributed by atoms with van der Waals surface area (Å²) in [6, 6.07) is 0. The SMILES string of the molecule is CC1(C)CNCC(C)(C)C1(C)OC(=O)CCCCCCCCC(=O)OC1(C)C(C)(C)CNCC1(C)C. The van der Waals surface area contributed by atoms with Gasteiger partial charge in [0, 0.05) is 60.7 Å². The molecule has 6 nitrogen and oxygen atoms in total. The fraction of sp³-hybridized carbons (Fsp3) is 0.933. The number of hydrogen-bond donors (Lipinski definition) is 2. The van der Waals surface area contributed by atoms with Gasteiger partial charge < -0.3 is 20.1 Å². The van der Waals surface area contributed by atoms with Crippen molar-refractivity contribution in [3.8, 4) is 0 Å². The third-order valence-electron chi connectivity index (χ3n) is 10.1. The first-order valence-electron chi connectivity index (χ1n) is 14.3. The maximum atomic E-state index is 12.7. The fourth-order valence-electron chi connectivity index (χ4n) is 6.24. The number of carbonyl (C=O) groups is 2. The van der Waals surface area contributed by atoms with Crippen LogP contribution in [-0.4, -0.2) is 49.3 Å². The largest absolute Gasteiger partial charge is 0.458 e. The van der Waals surface area contributed by atoms with Gasteiger partial charge in [-0.15, -0.1) is 0 Å². The lowest BCUT2D eigenvalue weighted by atomic mass is 9.59. The molecule has 0 saturated carbocycles. The van der Waals surface area contributed by atoms with Crippen LogP contribution in [0.3, 0.4) is 0 Å². The van der Waals surface area contributed by atoms with E-state index in [1.54, 1.807) is 0 Å². The van der Waals surface area contributed by atoms with Crippen molar-refractivity contribution < 1.29 is 19.1 Å². The Hall–Kier alpha value is -1.14. The van der Waals surface area contributed by atoms with E-state index >= 15 is 0 Å².